The van der Waals surface area contributed by atoms with Crippen LogP contribution in [0.25, 0.3) is 0 Å². The molecule has 0 saturated carbocycles. The number of nitrogens with two attached hydrogens (primary N) is 2. The number of aryl methyl sites for hydroxylation is 1. The van der Waals surface area contributed by atoms with Crippen molar-refractivity contribution in [3.8, 4) is 5.75 Å². The average Bonchev–Trinajstić information content (AvgIpc) is 2.27. The van der Waals surface area contributed by atoms with E-state index in [1.807, 2.05) is 19.1 Å². The zero-order valence-electron chi connectivity index (χ0n) is 10.4. The molecule has 0 saturated heterocycles. The second-order valence-corrected chi connectivity index (χ2v) is 4.24. The maximum Gasteiger partial charge on any atom is 0.122 e. The van der Waals surface area contributed by atoms with E-state index in [0.29, 0.717) is 0 Å². The van der Waals surface area contributed by atoms with Gasteiger partial charge in [-0.05, 0) is 37.0 Å². The van der Waals surface area contributed by atoms with Gasteiger partial charge in [0, 0.05) is 12.1 Å². The third-order valence-corrected chi connectivity index (χ3v) is 2.74. The minimum absolute atomic E-state index is 0.0104. The third kappa shape index (κ3) is 3.22. The molecule has 16 heavy (non-hydrogen) atoms. The van der Waals surface area contributed by atoms with Crippen LogP contribution in [-0.4, -0.2) is 13.2 Å². The lowest BCUT2D eigenvalue weighted by atomic mass is 9.98. The second-order valence-electron chi connectivity index (χ2n) is 4.24. The molecular formula is C13H22N2O. The molecule has 1 aromatic rings. The Balaban J connectivity index is 2.89. The summed E-state index contributed by atoms with van der Waals surface area (Å²) in [4.78, 5) is 0. The molecule has 1 rings (SSSR count). The molecule has 3 heteroatoms. The maximum absolute atomic E-state index is 6.09. The second kappa shape index (κ2) is 5.87. The first-order valence-corrected chi connectivity index (χ1v) is 5.76. The molecule has 0 radical (unpaired) electrons. The maximum atomic E-state index is 6.09. The van der Waals surface area contributed by atoms with Gasteiger partial charge in [0.2, 0.25) is 0 Å². The first kappa shape index (κ1) is 13.0. The van der Waals surface area contributed by atoms with Crippen molar-refractivity contribution < 1.29 is 4.74 Å². The summed E-state index contributed by atoms with van der Waals surface area (Å²) in [5.74, 6) is 0.930. The molecule has 1 aromatic carbocycles. The molecule has 3 nitrogen and oxygen atoms in total. The molecule has 0 amide bonds. The minimum Gasteiger partial charge on any atom is -0.496 e. The lowest BCUT2D eigenvalue weighted by molar-refractivity contribution is 0.409. The van der Waals surface area contributed by atoms with E-state index in [4.69, 9.17) is 16.2 Å². The van der Waals surface area contributed by atoms with Gasteiger partial charge in [-0.2, -0.15) is 0 Å². The Morgan fingerprint density at radius 1 is 1.31 bits per heavy atom. The summed E-state index contributed by atoms with van der Waals surface area (Å²) >= 11 is 0. The Morgan fingerprint density at radius 2 is 2.00 bits per heavy atom. The van der Waals surface area contributed by atoms with Crippen LogP contribution in [0.1, 0.15) is 37.4 Å². The molecule has 0 aliphatic carbocycles. The quantitative estimate of drug-likeness (QED) is 0.801. The van der Waals surface area contributed by atoms with E-state index in [0.717, 1.165) is 24.2 Å². The Hall–Kier alpha value is -1.06. The third-order valence-electron chi connectivity index (χ3n) is 2.74. The predicted molar refractivity (Wildman–Crippen MR) is 67.6 cm³/mol. The molecule has 2 atom stereocenters. The van der Waals surface area contributed by atoms with Crippen LogP contribution in [0.4, 0.5) is 0 Å². The standard InChI is InChI=1S/C13H22N2O/c1-4-10-8-11(5-6-13(10)16-3)12(15)7-9(2)14/h5-6,8-9,12H,4,7,14-15H2,1-3H3. The number of rotatable bonds is 5. The number of methoxy groups -OCH3 is 1. The normalized spacial score (nSPS) is 14.6. The zero-order chi connectivity index (χ0) is 12.1. The first-order valence-electron chi connectivity index (χ1n) is 5.76. The van der Waals surface area contributed by atoms with Gasteiger partial charge in [-0.1, -0.05) is 19.1 Å². The van der Waals surface area contributed by atoms with Crippen LogP contribution in [-0.2, 0) is 6.42 Å². The SMILES string of the molecule is CCc1cc(C(N)CC(C)N)ccc1OC. The minimum atomic E-state index is 0.0104. The smallest absolute Gasteiger partial charge is 0.122 e. The summed E-state index contributed by atoms with van der Waals surface area (Å²) in [6.45, 7) is 4.09. The summed E-state index contributed by atoms with van der Waals surface area (Å²) in [5.41, 5.74) is 14.2. The van der Waals surface area contributed by atoms with E-state index in [2.05, 4.69) is 13.0 Å². The van der Waals surface area contributed by atoms with Crippen molar-refractivity contribution >= 4 is 0 Å². The molecule has 0 aliphatic rings. The van der Waals surface area contributed by atoms with E-state index >= 15 is 0 Å². The fraction of sp³-hybridized carbons (Fsp3) is 0.538. The fourth-order valence-corrected chi connectivity index (χ4v) is 1.84. The molecule has 0 aromatic heterocycles. The molecule has 4 N–H and O–H groups in total. The lowest BCUT2D eigenvalue weighted by Crippen LogP contribution is -2.23. The highest BCUT2D eigenvalue weighted by atomic mass is 16.5. The summed E-state index contributed by atoms with van der Waals surface area (Å²) < 4.78 is 5.29. The van der Waals surface area contributed by atoms with Crippen LogP contribution in [0.2, 0.25) is 0 Å². The van der Waals surface area contributed by atoms with Gasteiger partial charge in [0.15, 0.2) is 0 Å². The van der Waals surface area contributed by atoms with Crippen molar-refractivity contribution in [1.82, 2.24) is 0 Å². The van der Waals surface area contributed by atoms with Gasteiger partial charge in [-0.25, -0.2) is 0 Å². The van der Waals surface area contributed by atoms with Gasteiger partial charge in [-0.3, -0.25) is 0 Å². The predicted octanol–water partition coefficient (Wildman–Crippen LogP) is 1.99. The molecule has 0 heterocycles. The molecule has 90 valence electrons. The van der Waals surface area contributed by atoms with Gasteiger partial charge in [0.25, 0.3) is 0 Å². The van der Waals surface area contributed by atoms with E-state index in [1.165, 1.54) is 5.56 Å². The van der Waals surface area contributed by atoms with Crippen molar-refractivity contribution in [2.24, 2.45) is 11.5 Å². The topological polar surface area (TPSA) is 61.3 Å². The summed E-state index contributed by atoms with van der Waals surface area (Å²) in [6.07, 6.45) is 1.75. The zero-order valence-corrected chi connectivity index (χ0v) is 10.4. The average molecular weight is 222 g/mol. The van der Waals surface area contributed by atoms with Gasteiger partial charge in [-0.15, -0.1) is 0 Å². The lowest BCUT2D eigenvalue weighted by Gasteiger charge is -2.16. The summed E-state index contributed by atoms with van der Waals surface area (Å²) in [7, 11) is 1.69. The number of ether oxygens (including phenoxy) is 1. The first-order chi connectivity index (χ1) is 7.58. The number of hydrogen-bond donors (Lipinski definition) is 2. The molecular weight excluding hydrogens is 200 g/mol. The van der Waals surface area contributed by atoms with E-state index < -0.39 is 0 Å². The van der Waals surface area contributed by atoms with Gasteiger partial charge in [0.05, 0.1) is 7.11 Å². The summed E-state index contributed by atoms with van der Waals surface area (Å²) in [6, 6.07) is 6.25. The molecule has 0 spiro atoms. The van der Waals surface area contributed by atoms with Gasteiger partial charge in [0.1, 0.15) is 5.75 Å². The Kier molecular flexibility index (Phi) is 4.77. The van der Waals surface area contributed by atoms with Crippen molar-refractivity contribution in [3.63, 3.8) is 0 Å². The summed E-state index contributed by atoms with van der Waals surface area (Å²) in [5, 5.41) is 0. The number of hydrogen-bond acceptors (Lipinski definition) is 3. The Labute approximate surface area is 97.8 Å². The van der Waals surface area contributed by atoms with Gasteiger partial charge >= 0.3 is 0 Å². The fourth-order valence-electron chi connectivity index (χ4n) is 1.84. The van der Waals surface area contributed by atoms with Crippen LogP contribution in [0, 0.1) is 0 Å². The molecule has 2 unspecified atom stereocenters. The van der Waals surface area contributed by atoms with Crippen molar-refractivity contribution in [3.05, 3.63) is 29.3 Å². The van der Waals surface area contributed by atoms with E-state index in [9.17, 15) is 0 Å². The van der Waals surface area contributed by atoms with Crippen LogP contribution in [0.15, 0.2) is 18.2 Å². The molecule has 0 bridgehead atoms. The van der Waals surface area contributed by atoms with Crippen LogP contribution < -0.4 is 16.2 Å². The monoisotopic (exact) mass is 222 g/mol. The highest BCUT2D eigenvalue weighted by Crippen LogP contribution is 2.24. The van der Waals surface area contributed by atoms with E-state index in [1.54, 1.807) is 7.11 Å². The van der Waals surface area contributed by atoms with Crippen LogP contribution in [0.3, 0.4) is 0 Å². The van der Waals surface area contributed by atoms with Crippen molar-refractivity contribution in [2.75, 3.05) is 7.11 Å². The van der Waals surface area contributed by atoms with Crippen LogP contribution in [0.5, 0.6) is 5.75 Å². The van der Waals surface area contributed by atoms with Crippen LogP contribution >= 0.6 is 0 Å². The number of benzene rings is 1. The Bertz CT molecular complexity index is 337. The highest BCUT2D eigenvalue weighted by molar-refractivity contribution is 5.38. The van der Waals surface area contributed by atoms with Gasteiger partial charge < -0.3 is 16.2 Å². The van der Waals surface area contributed by atoms with Crippen molar-refractivity contribution in [1.29, 1.82) is 0 Å². The Morgan fingerprint density at radius 3 is 2.50 bits per heavy atom. The molecule has 0 fully saturated rings. The van der Waals surface area contributed by atoms with E-state index in [-0.39, 0.29) is 12.1 Å². The molecule has 0 aliphatic heterocycles. The van der Waals surface area contributed by atoms with Crippen molar-refractivity contribution in [2.45, 2.75) is 38.8 Å². The highest BCUT2D eigenvalue weighted by Gasteiger charge is 2.10. The largest absolute Gasteiger partial charge is 0.496 e.